The van der Waals surface area contributed by atoms with E-state index in [-0.39, 0.29) is 12.2 Å². The lowest BCUT2D eigenvalue weighted by Crippen LogP contribution is -2.29. The molecule has 0 N–H and O–H groups in total. The van der Waals surface area contributed by atoms with E-state index in [4.69, 9.17) is 4.74 Å². The maximum atomic E-state index is 13.7. The minimum absolute atomic E-state index is 0.0349. The molecule has 5 nitrogen and oxygen atoms in total. The van der Waals surface area contributed by atoms with Crippen molar-refractivity contribution in [2.75, 3.05) is 0 Å². The van der Waals surface area contributed by atoms with Gasteiger partial charge in [-0.25, -0.2) is 4.98 Å². The molecule has 172 valence electrons. The van der Waals surface area contributed by atoms with Crippen molar-refractivity contribution in [1.29, 1.82) is 5.26 Å². The van der Waals surface area contributed by atoms with Crippen LogP contribution in [-0.2, 0) is 12.7 Å². The fourth-order valence-electron chi connectivity index (χ4n) is 3.56. The highest BCUT2D eigenvalue weighted by Crippen LogP contribution is 2.34. The third-order valence-corrected chi connectivity index (χ3v) is 6.08. The molecule has 0 radical (unpaired) electrons. The van der Waals surface area contributed by atoms with Gasteiger partial charge in [-0.05, 0) is 61.9 Å². The lowest BCUT2D eigenvalue weighted by Gasteiger charge is -2.17. The quantitative estimate of drug-likeness (QED) is 0.335. The molecule has 0 fully saturated rings. The number of ether oxygens (including phenoxy) is 1. The number of nitrogens with zero attached hydrogens (tertiary/aromatic N) is 3. The largest absolute Gasteiger partial charge is 0.457 e. The molecule has 0 saturated heterocycles. The molecule has 0 aliphatic carbocycles. The number of aromatic nitrogens is 2. The van der Waals surface area contributed by atoms with Crippen molar-refractivity contribution in [3.05, 3.63) is 97.7 Å². The Morgan fingerprint density at radius 3 is 2.26 bits per heavy atom. The summed E-state index contributed by atoms with van der Waals surface area (Å²) in [5.41, 5.74) is -2.24. The smallest absolute Gasteiger partial charge is 0.417 e. The molecule has 0 spiro atoms. The van der Waals surface area contributed by atoms with Crippen LogP contribution in [0.25, 0.3) is 11.3 Å². The number of hydrogen-bond donors (Lipinski definition) is 0. The second kappa shape index (κ2) is 9.15. The van der Waals surface area contributed by atoms with Gasteiger partial charge in [0.25, 0.3) is 5.56 Å². The maximum absolute atomic E-state index is 13.7. The van der Waals surface area contributed by atoms with Gasteiger partial charge in [-0.1, -0.05) is 18.2 Å². The summed E-state index contributed by atoms with van der Waals surface area (Å²) in [7, 11) is 0. The second-order valence-corrected chi connectivity index (χ2v) is 8.90. The Balaban J connectivity index is 1.84. The number of hydrogen-bond acceptors (Lipinski definition) is 5. The van der Waals surface area contributed by atoms with Crippen LogP contribution in [0.5, 0.6) is 11.5 Å². The van der Waals surface area contributed by atoms with Gasteiger partial charge < -0.3 is 9.30 Å². The van der Waals surface area contributed by atoms with E-state index < -0.39 is 22.9 Å². The topological polar surface area (TPSA) is 67.9 Å². The molecule has 0 unspecified atom stereocenters. The average molecular weight is 481 g/mol. The van der Waals surface area contributed by atoms with Crippen molar-refractivity contribution in [2.24, 2.45) is 0 Å². The Bertz CT molecular complexity index is 1430. The summed E-state index contributed by atoms with van der Waals surface area (Å²) in [4.78, 5) is 18.3. The van der Waals surface area contributed by atoms with Gasteiger partial charge in [-0.2, -0.15) is 18.4 Å². The van der Waals surface area contributed by atoms with Crippen LogP contribution in [0.3, 0.4) is 0 Å². The van der Waals surface area contributed by atoms with E-state index in [1.165, 1.54) is 22.0 Å². The molecular weight excluding hydrogens is 463 g/mol. The summed E-state index contributed by atoms with van der Waals surface area (Å²) in [6, 6.07) is 17.7. The van der Waals surface area contributed by atoms with E-state index in [2.05, 4.69) is 4.98 Å². The number of aryl methyl sites for hydroxylation is 2. The first-order chi connectivity index (χ1) is 16.2. The first kappa shape index (κ1) is 23.3. The SMILES string of the molecule is Cc1nc(Cn2c(-c3ccc(Oc4ccccc4)cc3)cc(C(F)(F)F)c(C#N)c2=O)c(C)s1. The third kappa shape index (κ3) is 4.72. The minimum atomic E-state index is -4.86. The second-order valence-electron chi connectivity index (χ2n) is 7.49. The Kier molecular flexibility index (Phi) is 6.26. The van der Waals surface area contributed by atoms with Gasteiger partial charge in [-0.3, -0.25) is 4.79 Å². The summed E-state index contributed by atoms with van der Waals surface area (Å²) in [5, 5.41) is 10.1. The summed E-state index contributed by atoms with van der Waals surface area (Å²) < 4.78 is 48.1. The van der Waals surface area contributed by atoms with Gasteiger partial charge in [0.15, 0.2) is 0 Å². The third-order valence-electron chi connectivity index (χ3n) is 5.15. The molecule has 0 aliphatic rings. The van der Waals surface area contributed by atoms with Gasteiger partial charge in [-0.15, -0.1) is 11.3 Å². The minimum Gasteiger partial charge on any atom is -0.457 e. The molecule has 0 bridgehead atoms. The zero-order valence-electron chi connectivity index (χ0n) is 18.2. The van der Waals surface area contributed by atoms with Crippen molar-refractivity contribution < 1.29 is 17.9 Å². The van der Waals surface area contributed by atoms with Crippen LogP contribution >= 0.6 is 11.3 Å². The summed E-state index contributed by atoms with van der Waals surface area (Å²) in [5.74, 6) is 1.10. The Morgan fingerprint density at radius 2 is 1.71 bits per heavy atom. The molecular formula is C25H18F3N3O2S. The lowest BCUT2D eigenvalue weighted by molar-refractivity contribution is -0.137. The summed E-state index contributed by atoms with van der Waals surface area (Å²) >= 11 is 1.43. The van der Waals surface area contributed by atoms with E-state index in [0.29, 0.717) is 22.8 Å². The number of pyridine rings is 1. The van der Waals surface area contributed by atoms with Crippen LogP contribution in [0.2, 0.25) is 0 Å². The monoisotopic (exact) mass is 481 g/mol. The number of rotatable bonds is 5. The van der Waals surface area contributed by atoms with Gasteiger partial charge in [0, 0.05) is 4.88 Å². The van der Waals surface area contributed by atoms with Crippen LogP contribution in [0, 0.1) is 25.2 Å². The predicted molar refractivity (Wildman–Crippen MR) is 123 cm³/mol. The molecule has 0 atom stereocenters. The Labute approximate surface area is 197 Å². The number of alkyl halides is 3. The van der Waals surface area contributed by atoms with Gasteiger partial charge in [0.2, 0.25) is 0 Å². The lowest BCUT2D eigenvalue weighted by atomic mass is 10.0. The summed E-state index contributed by atoms with van der Waals surface area (Å²) in [6.45, 7) is 3.58. The molecule has 4 aromatic rings. The first-order valence-electron chi connectivity index (χ1n) is 10.2. The molecule has 0 aliphatic heterocycles. The highest BCUT2D eigenvalue weighted by molar-refractivity contribution is 7.11. The molecule has 9 heteroatoms. The highest BCUT2D eigenvalue weighted by Gasteiger charge is 2.36. The number of halogens is 3. The van der Waals surface area contributed by atoms with Gasteiger partial charge in [0.1, 0.15) is 23.1 Å². The van der Waals surface area contributed by atoms with Crippen LogP contribution in [-0.4, -0.2) is 9.55 Å². The maximum Gasteiger partial charge on any atom is 0.417 e. The predicted octanol–water partition coefficient (Wildman–Crippen LogP) is 6.32. The van der Waals surface area contributed by atoms with Crippen molar-refractivity contribution in [2.45, 2.75) is 26.6 Å². The van der Waals surface area contributed by atoms with Crippen LogP contribution in [0.15, 0.2) is 65.5 Å². The number of para-hydroxylation sites is 1. The van der Waals surface area contributed by atoms with Crippen LogP contribution < -0.4 is 10.3 Å². The molecule has 2 aromatic heterocycles. The molecule has 34 heavy (non-hydrogen) atoms. The van der Waals surface area contributed by atoms with Crippen LogP contribution in [0.1, 0.15) is 26.7 Å². The molecule has 0 saturated carbocycles. The van der Waals surface area contributed by atoms with Crippen molar-refractivity contribution in [1.82, 2.24) is 9.55 Å². The summed E-state index contributed by atoms with van der Waals surface area (Å²) in [6.07, 6.45) is -4.86. The molecule has 4 rings (SSSR count). The highest BCUT2D eigenvalue weighted by atomic mass is 32.1. The van der Waals surface area contributed by atoms with E-state index in [0.717, 1.165) is 16.0 Å². The Hall–Kier alpha value is -3.90. The van der Waals surface area contributed by atoms with Crippen molar-refractivity contribution in [3.63, 3.8) is 0 Å². The van der Waals surface area contributed by atoms with Crippen molar-refractivity contribution in [3.8, 4) is 28.8 Å². The average Bonchev–Trinajstić information content (AvgIpc) is 3.12. The first-order valence-corrected chi connectivity index (χ1v) is 11.0. The van der Waals surface area contributed by atoms with E-state index in [1.807, 2.05) is 32.0 Å². The number of benzene rings is 2. The van der Waals surface area contributed by atoms with E-state index in [9.17, 15) is 23.2 Å². The number of nitriles is 1. The zero-order chi connectivity index (χ0) is 24.5. The van der Waals surface area contributed by atoms with E-state index >= 15 is 0 Å². The molecule has 0 amide bonds. The standard InChI is InChI=1S/C25H18F3N3O2S/c1-15-22(30-16(2)34-15)14-31-23(12-21(25(26,27)28)20(13-29)24(31)32)17-8-10-19(11-9-17)33-18-6-4-3-5-7-18/h3-12H,14H2,1-2H3. The van der Waals surface area contributed by atoms with Crippen molar-refractivity contribution >= 4 is 11.3 Å². The molecule has 2 heterocycles. The fraction of sp³-hybridized carbons (Fsp3) is 0.160. The normalized spacial score (nSPS) is 11.3. The van der Waals surface area contributed by atoms with Gasteiger partial charge in [0.05, 0.1) is 28.5 Å². The molecule has 2 aromatic carbocycles. The number of thiazole rings is 1. The van der Waals surface area contributed by atoms with Gasteiger partial charge >= 0.3 is 6.18 Å². The fourth-order valence-corrected chi connectivity index (χ4v) is 4.39. The van der Waals surface area contributed by atoms with E-state index in [1.54, 1.807) is 36.4 Å². The van der Waals surface area contributed by atoms with Crippen LogP contribution in [0.4, 0.5) is 13.2 Å². The zero-order valence-corrected chi connectivity index (χ0v) is 19.0. The Morgan fingerprint density at radius 1 is 1.06 bits per heavy atom.